The van der Waals surface area contributed by atoms with Gasteiger partial charge in [0.05, 0.1) is 18.5 Å². The quantitative estimate of drug-likeness (QED) is 0.791. The molecule has 1 unspecified atom stereocenters. The fraction of sp³-hybridized carbons (Fsp3) is 0.417. The minimum absolute atomic E-state index is 0.112. The van der Waals surface area contributed by atoms with Gasteiger partial charge in [-0.2, -0.15) is 5.26 Å². The molecule has 0 N–H and O–H groups in total. The zero-order chi connectivity index (χ0) is 12.0. The summed E-state index contributed by atoms with van der Waals surface area (Å²) in [4.78, 5) is 1.99. The van der Waals surface area contributed by atoms with E-state index in [1.54, 1.807) is 12.1 Å². The Hall–Kier alpha value is -1.24. The lowest BCUT2D eigenvalue weighted by Gasteiger charge is -2.21. The van der Waals surface area contributed by atoms with E-state index in [-0.39, 0.29) is 6.04 Å². The summed E-state index contributed by atoms with van der Waals surface area (Å²) >= 11 is 5.77. The lowest BCUT2D eigenvalue weighted by molar-refractivity contribution is 0.188. The van der Waals surface area contributed by atoms with Crippen LogP contribution in [0.4, 0.5) is 0 Å². The van der Waals surface area contributed by atoms with Gasteiger partial charge in [-0.05, 0) is 38.4 Å². The van der Waals surface area contributed by atoms with Gasteiger partial charge in [0.1, 0.15) is 12.4 Å². The summed E-state index contributed by atoms with van der Waals surface area (Å²) in [7, 11) is 3.88. The van der Waals surface area contributed by atoms with Crippen LogP contribution in [0.2, 0.25) is 5.02 Å². The van der Waals surface area contributed by atoms with E-state index in [0.29, 0.717) is 18.1 Å². The maximum Gasteiger partial charge on any atom is 0.119 e. The van der Waals surface area contributed by atoms with E-state index in [9.17, 15) is 0 Å². The molecule has 3 nitrogen and oxygen atoms in total. The summed E-state index contributed by atoms with van der Waals surface area (Å²) in [6.45, 7) is 0.502. The molecular formula is C12H15ClN2O. The Bertz CT molecular complexity index is 356. The van der Waals surface area contributed by atoms with Crippen molar-refractivity contribution in [2.45, 2.75) is 12.5 Å². The van der Waals surface area contributed by atoms with Gasteiger partial charge in [0.2, 0.25) is 0 Å². The highest BCUT2D eigenvalue weighted by Crippen LogP contribution is 2.16. The molecule has 1 aromatic rings. The van der Waals surface area contributed by atoms with Gasteiger partial charge in [-0.15, -0.1) is 0 Å². The highest BCUT2D eigenvalue weighted by molar-refractivity contribution is 6.30. The summed E-state index contributed by atoms with van der Waals surface area (Å²) in [6.07, 6.45) is 0.459. The fourth-order valence-corrected chi connectivity index (χ4v) is 1.35. The van der Waals surface area contributed by atoms with E-state index in [4.69, 9.17) is 21.6 Å². The lowest BCUT2D eigenvalue weighted by atomic mass is 10.2. The standard InChI is InChI=1S/C12H15ClN2O/c1-15(2)11(7-8-14)9-16-12-5-3-10(13)4-6-12/h3-6,11H,7,9H2,1-2H3. The number of ether oxygens (including phenoxy) is 1. The molecular weight excluding hydrogens is 224 g/mol. The van der Waals surface area contributed by atoms with Crippen LogP contribution < -0.4 is 4.74 Å². The molecule has 0 aliphatic heterocycles. The molecule has 0 aliphatic carbocycles. The Morgan fingerprint density at radius 1 is 1.38 bits per heavy atom. The van der Waals surface area contributed by atoms with Crippen molar-refractivity contribution in [1.29, 1.82) is 5.26 Å². The zero-order valence-electron chi connectivity index (χ0n) is 9.48. The summed E-state index contributed by atoms with van der Waals surface area (Å²) in [5.74, 6) is 0.772. The SMILES string of the molecule is CN(C)C(CC#N)COc1ccc(Cl)cc1. The third-order valence-corrected chi connectivity index (χ3v) is 2.57. The maximum atomic E-state index is 8.67. The van der Waals surface area contributed by atoms with E-state index < -0.39 is 0 Å². The largest absolute Gasteiger partial charge is 0.492 e. The van der Waals surface area contributed by atoms with Gasteiger partial charge in [-0.25, -0.2) is 0 Å². The molecule has 0 aliphatic rings. The average molecular weight is 239 g/mol. The topological polar surface area (TPSA) is 36.3 Å². The predicted molar refractivity (Wildman–Crippen MR) is 64.7 cm³/mol. The minimum atomic E-state index is 0.112. The van der Waals surface area contributed by atoms with Crippen LogP contribution in [-0.4, -0.2) is 31.6 Å². The van der Waals surface area contributed by atoms with Crippen LogP contribution in [0.5, 0.6) is 5.75 Å². The van der Waals surface area contributed by atoms with Crippen LogP contribution in [0, 0.1) is 11.3 Å². The van der Waals surface area contributed by atoms with E-state index in [1.807, 2.05) is 31.1 Å². The number of halogens is 1. The summed E-state index contributed by atoms with van der Waals surface area (Å²) in [5.41, 5.74) is 0. The average Bonchev–Trinajstić information content (AvgIpc) is 2.26. The number of nitrogens with zero attached hydrogens (tertiary/aromatic N) is 2. The first-order chi connectivity index (χ1) is 7.63. The zero-order valence-corrected chi connectivity index (χ0v) is 10.2. The first-order valence-electron chi connectivity index (χ1n) is 5.05. The van der Waals surface area contributed by atoms with E-state index in [1.165, 1.54) is 0 Å². The molecule has 1 atom stereocenters. The molecule has 0 fully saturated rings. The number of nitriles is 1. The highest BCUT2D eigenvalue weighted by atomic mass is 35.5. The van der Waals surface area contributed by atoms with Crippen LogP contribution >= 0.6 is 11.6 Å². The molecule has 4 heteroatoms. The van der Waals surface area contributed by atoms with E-state index in [0.717, 1.165) is 5.75 Å². The maximum absolute atomic E-state index is 8.67. The van der Waals surface area contributed by atoms with Crippen molar-refractivity contribution in [2.75, 3.05) is 20.7 Å². The molecule has 0 radical (unpaired) electrons. The van der Waals surface area contributed by atoms with Crippen molar-refractivity contribution >= 4 is 11.6 Å². The molecule has 0 saturated carbocycles. The molecule has 0 heterocycles. The second-order valence-corrected chi connectivity index (χ2v) is 4.18. The van der Waals surface area contributed by atoms with Crippen molar-refractivity contribution in [2.24, 2.45) is 0 Å². The van der Waals surface area contributed by atoms with E-state index in [2.05, 4.69) is 6.07 Å². The second-order valence-electron chi connectivity index (χ2n) is 3.74. The Morgan fingerprint density at radius 3 is 2.50 bits per heavy atom. The van der Waals surface area contributed by atoms with Crippen LogP contribution in [0.3, 0.4) is 0 Å². The summed E-state index contributed by atoms with van der Waals surface area (Å²) in [5, 5.41) is 9.36. The number of hydrogen-bond donors (Lipinski definition) is 0. The Labute approximate surface area is 101 Å². The smallest absolute Gasteiger partial charge is 0.119 e. The summed E-state index contributed by atoms with van der Waals surface area (Å²) < 4.78 is 5.59. The number of likely N-dealkylation sites (N-methyl/N-ethyl adjacent to an activating group) is 1. The Kier molecular flexibility index (Phi) is 5.10. The molecule has 86 valence electrons. The van der Waals surface area contributed by atoms with Crippen molar-refractivity contribution in [3.05, 3.63) is 29.3 Å². The van der Waals surface area contributed by atoms with Crippen LogP contribution in [-0.2, 0) is 0 Å². The van der Waals surface area contributed by atoms with Crippen molar-refractivity contribution in [3.8, 4) is 11.8 Å². The first-order valence-corrected chi connectivity index (χ1v) is 5.43. The minimum Gasteiger partial charge on any atom is -0.492 e. The molecule has 0 aromatic heterocycles. The highest BCUT2D eigenvalue weighted by Gasteiger charge is 2.11. The van der Waals surface area contributed by atoms with Crippen molar-refractivity contribution in [3.63, 3.8) is 0 Å². The molecule has 0 saturated heterocycles. The monoisotopic (exact) mass is 238 g/mol. The van der Waals surface area contributed by atoms with Gasteiger partial charge >= 0.3 is 0 Å². The third-order valence-electron chi connectivity index (χ3n) is 2.31. The number of rotatable bonds is 5. The van der Waals surface area contributed by atoms with Crippen molar-refractivity contribution < 1.29 is 4.74 Å². The molecule has 0 bridgehead atoms. The van der Waals surface area contributed by atoms with Crippen LogP contribution in [0.1, 0.15) is 6.42 Å². The Balaban J connectivity index is 2.49. The molecule has 1 rings (SSSR count). The van der Waals surface area contributed by atoms with Crippen LogP contribution in [0.25, 0.3) is 0 Å². The summed E-state index contributed by atoms with van der Waals surface area (Å²) in [6, 6.07) is 9.47. The second kappa shape index (κ2) is 6.37. The van der Waals surface area contributed by atoms with Gasteiger partial charge in [0, 0.05) is 5.02 Å². The normalized spacial score (nSPS) is 12.2. The first kappa shape index (κ1) is 12.8. The van der Waals surface area contributed by atoms with Gasteiger partial charge in [0.15, 0.2) is 0 Å². The third kappa shape index (κ3) is 4.09. The number of hydrogen-bond acceptors (Lipinski definition) is 3. The molecule has 0 amide bonds. The van der Waals surface area contributed by atoms with E-state index >= 15 is 0 Å². The lowest BCUT2D eigenvalue weighted by Crippen LogP contribution is -2.33. The molecule has 1 aromatic carbocycles. The van der Waals surface area contributed by atoms with Gasteiger partial charge < -0.3 is 9.64 Å². The van der Waals surface area contributed by atoms with Crippen LogP contribution in [0.15, 0.2) is 24.3 Å². The predicted octanol–water partition coefficient (Wildman–Crippen LogP) is 2.56. The number of benzene rings is 1. The molecule has 16 heavy (non-hydrogen) atoms. The van der Waals surface area contributed by atoms with Gasteiger partial charge in [-0.3, -0.25) is 0 Å². The van der Waals surface area contributed by atoms with Crippen molar-refractivity contribution in [1.82, 2.24) is 4.90 Å². The Morgan fingerprint density at radius 2 is 2.00 bits per heavy atom. The molecule has 0 spiro atoms. The fourth-order valence-electron chi connectivity index (χ4n) is 1.22. The van der Waals surface area contributed by atoms with Gasteiger partial charge in [0.25, 0.3) is 0 Å². The van der Waals surface area contributed by atoms with Gasteiger partial charge in [-0.1, -0.05) is 11.6 Å².